The molecule has 1 aromatic carbocycles. The van der Waals surface area contributed by atoms with Crippen molar-refractivity contribution in [2.75, 3.05) is 20.3 Å². The number of benzene rings is 1. The highest BCUT2D eigenvalue weighted by molar-refractivity contribution is 5.31. The van der Waals surface area contributed by atoms with Gasteiger partial charge in [-0.3, -0.25) is 0 Å². The molecule has 2 atom stereocenters. The summed E-state index contributed by atoms with van der Waals surface area (Å²) in [6.45, 7) is 1.13. The monoisotopic (exact) mass is 209 g/mol. The first-order chi connectivity index (χ1) is 7.29. The van der Waals surface area contributed by atoms with E-state index in [1.165, 1.54) is 0 Å². The molecule has 2 rings (SSSR count). The molecular formula is C11H15NO3. The number of methoxy groups -OCH3 is 1. The van der Waals surface area contributed by atoms with Gasteiger partial charge >= 0.3 is 0 Å². The Morgan fingerprint density at radius 1 is 1.20 bits per heavy atom. The minimum atomic E-state index is -0.0432. The van der Waals surface area contributed by atoms with Crippen LogP contribution in [-0.2, 0) is 4.74 Å². The maximum absolute atomic E-state index is 5.81. The molecule has 1 aliphatic heterocycles. The Balaban J connectivity index is 1.98. The lowest BCUT2D eigenvalue weighted by Gasteiger charge is -2.15. The molecule has 0 bridgehead atoms. The first kappa shape index (κ1) is 10.3. The van der Waals surface area contributed by atoms with Crippen molar-refractivity contribution in [3.63, 3.8) is 0 Å². The van der Waals surface area contributed by atoms with E-state index in [0.29, 0.717) is 13.2 Å². The summed E-state index contributed by atoms with van der Waals surface area (Å²) in [5.74, 6) is 1.61. The zero-order valence-electron chi connectivity index (χ0n) is 8.68. The molecule has 82 valence electrons. The third-order valence-corrected chi connectivity index (χ3v) is 2.42. The fourth-order valence-electron chi connectivity index (χ4n) is 1.50. The molecule has 0 amide bonds. The lowest BCUT2D eigenvalue weighted by molar-refractivity contribution is 0.140. The molecule has 1 fully saturated rings. The molecule has 0 spiro atoms. The predicted molar refractivity (Wildman–Crippen MR) is 56.2 cm³/mol. The van der Waals surface area contributed by atoms with Gasteiger partial charge in [-0.25, -0.2) is 0 Å². The van der Waals surface area contributed by atoms with Crippen LogP contribution in [0.25, 0.3) is 0 Å². The van der Waals surface area contributed by atoms with E-state index in [1.54, 1.807) is 7.11 Å². The van der Waals surface area contributed by atoms with Gasteiger partial charge in [-0.2, -0.15) is 0 Å². The van der Waals surface area contributed by atoms with E-state index < -0.39 is 0 Å². The number of rotatable bonds is 3. The Hall–Kier alpha value is -1.26. The van der Waals surface area contributed by atoms with Gasteiger partial charge in [0.1, 0.15) is 17.6 Å². The summed E-state index contributed by atoms with van der Waals surface area (Å²) in [6, 6.07) is 7.41. The Labute approximate surface area is 88.9 Å². The molecule has 0 unspecified atom stereocenters. The van der Waals surface area contributed by atoms with Crippen LogP contribution in [0.4, 0.5) is 0 Å². The molecule has 1 heterocycles. The molecule has 1 aromatic rings. The number of hydrogen-bond acceptors (Lipinski definition) is 4. The highest BCUT2D eigenvalue weighted by atomic mass is 16.5. The highest BCUT2D eigenvalue weighted by Gasteiger charge is 2.26. The normalized spacial score (nSPS) is 25.2. The average molecular weight is 209 g/mol. The number of ether oxygens (including phenoxy) is 3. The van der Waals surface area contributed by atoms with E-state index >= 15 is 0 Å². The van der Waals surface area contributed by atoms with E-state index in [9.17, 15) is 0 Å². The third-order valence-electron chi connectivity index (χ3n) is 2.42. The fourth-order valence-corrected chi connectivity index (χ4v) is 1.50. The maximum Gasteiger partial charge on any atom is 0.139 e. The molecule has 0 aromatic heterocycles. The second-order valence-corrected chi connectivity index (χ2v) is 3.53. The largest absolute Gasteiger partial charge is 0.497 e. The van der Waals surface area contributed by atoms with E-state index in [-0.39, 0.29) is 12.1 Å². The van der Waals surface area contributed by atoms with Gasteiger partial charge < -0.3 is 19.9 Å². The van der Waals surface area contributed by atoms with Gasteiger partial charge in [0.05, 0.1) is 26.4 Å². The summed E-state index contributed by atoms with van der Waals surface area (Å²) in [6.07, 6.45) is -0.0432. The minimum absolute atomic E-state index is 0.0351. The zero-order chi connectivity index (χ0) is 10.7. The van der Waals surface area contributed by atoms with Gasteiger partial charge in [-0.05, 0) is 24.3 Å². The van der Waals surface area contributed by atoms with Crippen molar-refractivity contribution in [2.24, 2.45) is 5.73 Å². The summed E-state index contributed by atoms with van der Waals surface area (Å²) in [4.78, 5) is 0. The summed E-state index contributed by atoms with van der Waals surface area (Å²) < 4.78 is 15.9. The van der Waals surface area contributed by atoms with E-state index in [4.69, 9.17) is 19.9 Å². The van der Waals surface area contributed by atoms with Crippen LogP contribution in [0.3, 0.4) is 0 Å². The van der Waals surface area contributed by atoms with Crippen LogP contribution in [0.1, 0.15) is 0 Å². The highest BCUT2D eigenvalue weighted by Crippen LogP contribution is 2.20. The number of nitrogens with two attached hydrogens (primary N) is 1. The van der Waals surface area contributed by atoms with Gasteiger partial charge in [0.25, 0.3) is 0 Å². The van der Waals surface area contributed by atoms with Gasteiger partial charge in [0, 0.05) is 0 Å². The topological polar surface area (TPSA) is 53.7 Å². The molecular weight excluding hydrogens is 194 g/mol. The van der Waals surface area contributed by atoms with Crippen LogP contribution in [0.15, 0.2) is 24.3 Å². The summed E-state index contributed by atoms with van der Waals surface area (Å²) in [5, 5.41) is 0. The molecule has 0 radical (unpaired) electrons. The van der Waals surface area contributed by atoms with Gasteiger partial charge in [-0.1, -0.05) is 0 Å². The van der Waals surface area contributed by atoms with Crippen molar-refractivity contribution in [3.05, 3.63) is 24.3 Å². The number of hydrogen-bond donors (Lipinski definition) is 1. The van der Waals surface area contributed by atoms with Crippen molar-refractivity contribution in [1.82, 2.24) is 0 Å². The van der Waals surface area contributed by atoms with Gasteiger partial charge in [-0.15, -0.1) is 0 Å². The Bertz CT molecular complexity index is 312. The van der Waals surface area contributed by atoms with Crippen LogP contribution in [0.2, 0.25) is 0 Å². The zero-order valence-corrected chi connectivity index (χ0v) is 8.68. The standard InChI is InChI=1S/C11H15NO3/c1-13-8-2-4-9(5-3-8)15-11-7-14-6-10(11)12/h2-5,10-11H,6-7,12H2,1H3/t10-,11-/m1/s1. The molecule has 4 nitrogen and oxygen atoms in total. The SMILES string of the molecule is COc1ccc(O[C@@H]2COC[C@H]2N)cc1. The first-order valence-corrected chi connectivity index (χ1v) is 4.93. The second-order valence-electron chi connectivity index (χ2n) is 3.53. The smallest absolute Gasteiger partial charge is 0.139 e. The Morgan fingerprint density at radius 2 is 1.87 bits per heavy atom. The molecule has 0 saturated carbocycles. The Kier molecular flexibility index (Phi) is 3.08. The van der Waals surface area contributed by atoms with Crippen molar-refractivity contribution in [3.8, 4) is 11.5 Å². The van der Waals surface area contributed by atoms with Crippen LogP contribution in [-0.4, -0.2) is 32.5 Å². The molecule has 15 heavy (non-hydrogen) atoms. The van der Waals surface area contributed by atoms with Crippen molar-refractivity contribution < 1.29 is 14.2 Å². The maximum atomic E-state index is 5.81. The van der Waals surface area contributed by atoms with Crippen molar-refractivity contribution in [1.29, 1.82) is 0 Å². The van der Waals surface area contributed by atoms with Crippen LogP contribution in [0, 0.1) is 0 Å². The predicted octanol–water partition coefficient (Wildman–Crippen LogP) is 0.800. The van der Waals surface area contributed by atoms with Gasteiger partial charge in [0.15, 0.2) is 0 Å². The van der Waals surface area contributed by atoms with E-state index in [2.05, 4.69) is 0 Å². The van der Waals surface area contributed by atoms with E-state index in [0.717, 1.165) is 11.5 Å². The fraction of sp³-hybridized carbons (Fsp3) is 0.455. The first-order valence-electron chi connectivity index (χ1n) is 4.93. The van der Waals surface area contributed by atoms with Crippen LogP contribution >= 0.6 is 0 Å². The lowest BCUT2D eigenvalue weighted by Crippen LogP contribution is -2.37. The van der Waals surface area contributed by atoms with Crippen molar-refractivity contribution in [2.45, 2.75) is 12.1 Å². The van der Waals surface area contributed by atoms with E-state index in [1.807, 2.05) is 24.3 Å². The second kappa shape index (κ2) is 4.51. The Morgan fingerprint density at radius 3 is 2.40 bits per heavy atom. The molecule has 1 saturated heterocycles. The lowest BCUT2D eigenvalue weighted by atomic mass is 10.2. The molecule has 0 aliphatic carbocycles. The van der Waals surface area contributed by atoms with Crippen LogP contribution < -0.4 is 15.2 Å². The average Bonchev–Trinajstić information content (AvgIpc) is 2.66. The molecule has 4 heteroatoms. The van der Waals surface area contributed by atoms with Crippen LogP contribution in [0.5, 0.6) is 11.5 Å². The molecule has 1 aliphatic rings. The summed E-state index contributed by atoms with van der Waals surface area (Å²) in [5.41, 5.74) is 5.81. The molecule has 2 N–H and O–H groups in total. The quantitative estimate of drug-likeness (QED) is 0.800. The summed E-state index contributed by atoms with van der Waals surface area (Å²) in [7, 11) is 1.64. The van der Waals surface area contributed by atoms with Crippen molar-refractivity contribution >= 4 is 0 Å². The minimum Gasteiger partial charge on any atom is -0.497 e. The summed E-state index contributed by atoms with van der Waals surface area (Å²) >= 11 is 0. The van der Waals surface area contributed by atoms with Gasteiger partial charge in [0.2, 0.25) is 0 Å². The third kappa shape index (κ3) is 2.40.